The topological polar surface area (TPSA) is 138 Å². The number of anilines is 2. The van der Waals surface area contributed by atoms with Gasteiger partial charge in [-0.3, -0.25) is 9.00 Å². The number of aromatic nitrogens is 3. The minimum atomic E-state index is -0.970. The van der Waals surface area contributed by atoms with Crippen LogP contribution < -0.4 is 11.1 Å². The van der Waals surface area contributed by atoms with Crippen molar-refractivity contribution in [2.24, 2.45) is 0 Å². The summed E-state index contributed by atoms with van der Waals surface area (Å²) in [6.45, 7) is 2.52. The van der Waals surface area contributed by atoms with Crippen LogP contribution in [0.4, 0.5) is 16.0 Å². The first-order valence-electron chi connectivity index (χ1n) is 12.0. The summed E-state index contributed by atoms with van der Waals surface area (Å²) in [4.78, 5) is 28.7. The summed E-state index contributed by atoms with van der Waals surface area (Å²) in [6, 6.07) is 14.9. The summed E-state index contributed by atoms with van der Waals surface area (Å²) in [5, 5.41) is 13.2. The van der Waals surface area contributed by atoms with E-state index in [1.165, 1.54) is 18.5 Å². The molecule has 3 N–H and O–H groups in total. The summed E-state index contributed by atoms with van der Waals surface area (Å²) in [5.74, 6) is 0.290. The summed E-state index contributed by atoms with van der Waals surface area (Å²) in [6.07, 6.45) is 1.26. The summed E-state index contributed by atoms with van der Waals surface area (Å²) >= 11 is 0. The fourth-order valence-electron chi connectivity index (χ4n) is 4.58. The van der Waals surface area contributed by atoms with Crippen molar-refractivity contribution in [2.45, 2.75) is 13.0 Å². The van der Waals surface area contributed by atoms with Gasteiger partial charge in [-0.25, -0.2) is 19.3 Å². The average Bonchev–Trinajstić information content (AvgIpc) is 2.92. The Morgan fingerprint density at radius 2 is 1.92 bits per heavy atom. The van der Waals surface area contributed by atoms with Crippen molar-refractivity contribution in [1.82, 2.24) is 19.9 Å². The second-order valence-electron chi connectivity index (χ2n) is 8.88. The Labute approximate surface area is 221 Å². The number of carbonyl (C=O) groups is 1. The third kappa shape index (κ3) is 4.78. The van der Waals surface area contributed by atoms with Gasteiger partial charge in [-0.15, -0.1) is 0 Å². The standard InChI is InChI=1S/C27H24FN7O2S/c1-16(33-26-20(14-29)25(30)31-15-32-26)24-22(17-5-3-2-4-6-17)23(19-13-18(28)7-8-21(19)34-24)27(36)35-9-11-38(37)12-10-35/h2-8,13,15-16H,9-12H2,1H3,(H3,30,31,32,33). The molecule has 1 amide bonds. The highest BCUT2D eigenvalue weighted by Gasteiger charge is 2.30. The number of nitriles is 1. The van der Waals surface area contributed by atoms with Crippen LogP contribution in [0.3, 0.4) is 0 Å². The minimum absolute atomic E-state index is 0.0424. The van der Waals surface area contributed by atoms with Crippen LogP contribution in [0.2, 0.25) is 0 Å². The van der Waals surface area contributed by atoms with Gasteiger partial charge in [0.15, 0.2) is 0 Å². The second kappa shape index (κ2) is 10.5. The number of nitrogens with zero attached hydrogens (tertiary/aromatic N) is 5. The first kappa shape index (κ1) is 25.2. The molecule has 0 spiro atoms. The maximum Gasteiger partial charge on any atom is 0.255 e. The highest BCUT2D eigenvalue weighted by molar-refractivity contribution is 7.85. The number of hydrogen-bond donors (Lipinski definition) is 2. The van der Waals surface area contributed by atoms with Crippen LogP contribution in [0.5, 0.6) is 0 Å². The fraction of sp³-hybridized carbons (Fsp3) is 0.222. The van der Waals surface area contributed by atoms with Crippen LogP contribution in [0.25, 0.3) is 22.0 Å². The number of hydrogen-bond acceptors (Lipinski definition) is 8. The SMILES string of the molecule is CC(Nc1ncnc(N)c1C#N)c1nc2ccc(F)cc2c(C(=O)N2CCS(=O)CC2)c1-c1ccccc1. The van der Waals surface area contributed by atoms with Gasteiger partial charge in [-0.05, 0) is 30.7 Å². The van der Waals surface area contributed by atoms with Gasteiger partial charge in [-0.1, -0.05) is 30.3 Å². The third-order valence-corrected chi connectivity index (χ3v) is 7.74. The highest BCUT2D eigenvalue weighted by Crippen LogP contribution is 2.37. The van der Waals surface area contributed by atoms with Crippen LogP contribution >= 0.6 is 0 Å². The van der Waals surface area contributed by atoms with E-state index in [2.05, 4.69) is 15.3 Å². The number of nitrogen functional groups attached to an aromatic ring is 1. The molecule has 1 saturated heterocycles. The molecule has 38 heavy (non-hydrogen) atoms. The van der Waals surface area contributed by atoms with E-state index in [-0.39, 0.29) is 23.1 Å². The molecular weight excluding hydrogens is 505 g/mol. The van der Waals surface area contributed by atoms with Crippen LogP contribution in [-0.4, -0.2) is 54.6 Å². The van der Waals surface area contributed by atoms with Crippen molar-refractivity contribution >= 4 is 39.2 Å². The quantitative estimate of drug-likeness (QED) is 0.400. The smallest absolute Gasteiger partial charge is 0.255 e. The Bertz CT molecular complexity index is 1600. The largest absolute Gasteiger partial charge is 0.382 e. The number of fused-ring (bicyclic) bond motifs is 1. The Balaban J connectivity index is 1.74. The van der Waals surface area contributed by atoms with Gasteiger partial charge in [0.1, 0.15) is 35.4 Å². The van der Waals surface area contributed by atoms with Crippen LogP contribution in [0.1, 0.15) is 34.6 Å². The van der Waals surface area contributed by atoms with Gasteiger partial charge in [0.05, 0.1) is 22.8 Å². The highest BCUT2D eigenvalue weighted by atomic mass is 32.2. The van der Waals surface area contributed by atoms with E-state index in [1.54, 1.807) is 11.0 Å². The van der Waals surface area contributed by atoms with Crippen molar-refractivity contribution in [3.63, 3.8) is 0 Å². The van der Waals surface area contributed by atoms with E-state index in [0.717, 1.165) is 5.56 Å². The van der Waals surface area contributed by atoms with E-state index in [0.29, 0.717) is 52.3 Å². The summed E-state index contributed by atoms with van der Waals surface area (Å²) in [5.41, 5.74) is 8.52. The van der Waals surface area contributed by atoms with Crippen molar-refractivity contribution in [3.05, 3.63) is 77.5 Å². The lowest BCUT2D eigenvalue weighted by atomic mass is 9.91. The molecule has 1 unspecified atom stereocenters. The molecule has 0 saturated carbocycles. The zero-order valence-corrected chi connectivity index (χ0v) is 21.3. The third-order valence-electron chi connectivity index (χ3n) is 6.47. The molecule has 3 heterocycles. The van der Waals surface area contributed by atoms with E-state index in [1.807, 2.05) is 43.3 Å². The number of benzene rings is 2. The number of halogens is 1. The predicted octanol–water partition coefficient (Wildman–Crippen LogP) is 3.66. The molecular formula is C27H24FN7O2S. The number of pyridine rings is 1. The number of amides is 1. The lowest BCUT2D eigenvalue weighted by Crippen LogP contribution is -2.42. The maximum atomic E-state index is 14.5. The Morgan fingerprint density at radius 3 is 2.63 bits per heavy atom. The van der Waals surface area contributed by atoms with Crippen molar-refractivity contribution in [3.8, 4) is 17.2 Å². The molecule has 11 heteroatoms. The zero-order valence-electron chi connectivity index (χ0n) is 20.5. The molecule has 1 aliphatic heterocycles. The molecule has 5 rings (SSSR count). The first-order chi connectivity index (χ1) is 18.4. The van der Waals surface area contributed by atoms with Gasteiger partial charge in [0.2, 0.25) is 0 Å². The number of carbonyl (C=O) groups excluding carboxylic acids is 1. The maximum absolute atomic E-state index is 14.5. The van der Waals surface area contributed by atoms with Gasteiger partial charge in [0.25, 0.3) is 5.91 Å². The van der Waals surface area contributed by atoms with Crippen LogP contribution in [-0.2, 0) is 10.8 Å². The number of nitrogens with two attached hydrogens (primary N) is 1. The summed E-state index contributed by atoms with van der Waals surface area (Å²) < 4.78 is 26.5. The molecule has 192 valence electrons. The van der Waals surface area contributed by atoms with Gasteiger partial charge in [0, 0.05) is 46.3 Å². The van der Waals surface area contributed by atoms with Crippen LogP contribution in [0.15, 0.2) is 54.9 Å². The van der Waals surface area contributed by atoms with Gasteiger partial charge >= 0.3 is 0 Å². The lowest BCUT2D eigenvalue weighted by molar-refractivity contribution is 0.0774. The van der Waals surface area contributed by atoms with E-state index < -0.39 is 22.7 Å². The monoisotopic (exact) mass is 529 g/mol. The summed E-state index contributed by atoms with van der Waals surface area (Å²) in [7, 11) is -0.970. The molecule has 2 aromatic heterocycles. The molecule has 1 aliphatic rings. The second-order valence-corrected chi connectivity index (χ2v) is 10.6. The minimum Gasteiger partial charge on any atom is -0.382 e. The van der Waals surface area contributed by atoms with E-state index in [9.17, 15) is 18.7 Å². The van der Waals surface area contributed by atoms with Crippen molar-refractivity contribution < 1.29 is 13.4 Å². The Morgan fingerprint density at radius 1 is 1.18 bits per heavy atom. The molecule has 4 aromatic rings. The van der Waals surface area contributed by atoms with Crippen molar-refractivity contribution in [1.29, 1.82) is 5.26 Å². The average molecular weight is 530 g/mol. The van der Waals surface area contributed by atoms with Gasteiger partial charge < -0.3 is 16.0 Å². The predicted molar refractivity (Wildman–Crippen MR) is 144 cm³/mol. The molecule has 2 aromatic carbocycles. The van der Waals surface area contributed by atoms with Crippen LogP contribution in [0, 0.1) is 17.1 Å². The first-order valence-corrected chi connectivity index (χ1v) is 13.5. The normalized spacial score (nSPS) is 14.7. The number of rotatable bonds is 5. The Kier molecular flexibility index (Phi) is 6.98. The molecule has 1 atom stereocenters. The van der Waals surface area contributed by atoms with Gasteiger partial charge in [-0.2, -0.15) is 5.26 Å². The fourth-order valence-corrected chi connectivity index (χ4v) is 5.63. The zero-order chi connectivity index (χ0) is 26.8. The van der Waals surface area contributed by atoms with Crippen molar-refractivity contribution in [2.75, 3.05) is 35.6 Å². The molecule has 0 aliphatic carbocycles. The molecule has 0 bridgehead atoms. The van der Waals surface area contributed by atoms with E-state index >= 15 is 0 Å². The lowest BCUT2D eigenvalue weighted by Gasteiger charge is -2.29. The Hall–Kier alpha value is -4.43. The molecule has 0 radical (unpaired) electrons. The molecule has 9 nitrogen and oxygen atoms in total. The molecule has 1 fully saturated rings. The number of nitrogens with one attached hydrogen (secondary N) is 1. The van der Waals surface area contributed by atoms with E-state index in [4.69, 9.17) is 10.7 Å².